The molecule has 0 amide bonds. The molecular weight excluding hydrogens is 469 g/mol. The molecule has 5 nitrogen and oxygen atoms in total. The first-order chi connectivity index (χ1) is 12.8. The molecule has 0 radical (unpaired) electrons. The molecule has 2 heterocycles. The van der Waals surface area contributed by atoms with Crippen LogP contribution in [0.1, 0.15) is 30.9 Å². The van der Waals surface area contributed by atoms with E-state index >= 15 is 0 Å². The van der Waals surface area contributed by atoms with Crippen molar-refractivity contribution < 1.29 is 0 Å². The van der Waals surface area contributed by atoms with E-state index in [1.165, 1.54) is 5.00 Å². The van der Waals surface area contributed by atoms with Crippen LogP contribution in [0.2, 0.25) is 0 Å². The van der Waals surface area contributed by atoms with E-state index in [4.69, 9.17) is 10.3 Å². The number of hydrogen-bond donors (Lipinski definition) is 2. The number of benzene rings is 1. The molecule has 0 aliphatic carbocycles. The Morgan fingerprint density at radius 1 is 1.30 bits per heavy atom. The number of hydrogen-bond acceptors (Lipinski definition) is 4. The third-order valence-corrected chi connectivity index (χ3v) is 5.40. The van der Waals surface area contributed by atoms with Crippen molar-refractivity contribution in [1.82, 2.24) is 10.6 Å². The highest BCUT2D eigenvalue weighted by Gasteiger charge is 2.20. The molecule has 0 unspecified atom stereocenters. The monoisotopic (exact) mass is 495 g/mol. The van der Waals surface area contributed by atoms with Crippen LogP contribution in [0.4, 0.5) is 5.00 Å². The average Bonchev–Trinajstić information content (AvgIpc) is 3.22. The minimum atomic E-state index is 0. The summed E-state index contributed by atoms with van der Waals surface area (Å²) in [6.45, 7) is 5.62. The van der Waals surface area contributed by atoms with Crippen LogP contribution in [0.5, 0.6) is 0 Å². The molecule has 1 aliphatic rings. The molecule has 1 aromatic heterocycles. The lowest BCUT2D eigenvalue weighted by atomic mass is 10.1. The minimum absolute atomic E-state index is 0. The van der Waals surface area contributed by atoms with Gasteiger partial charge in [-0.25, -0.2) is 4.99 Å². The first-order valence-electron chi connectivity index (χ1n) is 9.11. The summed E-state index contributed by atoms with van der Waals surface area (Å²) < 4.78 is 0. The van der Waals surface area contributed by atoms with Crippen molar-refractivity contribution in [1.29, 1.82) is 5.26 Å². The van der Waals surface area contributed by atoms with Gasteiger partial charge in [0.1, 0.15) is 0 Å². The van der Waals surface area contributed by atoms with E-state index in [1.54, 1.807) is 0 Å². The number of guanidine groups is 1. The smallest absolute Gasteiger partial charge is 0.191 e. The van der Waals surface area contributed by atoms with Gasteiger partial charge in [0.15, 0.2) is 5.96 Å². The molecule has 144 valence electrons. The van der Waals surface area contributed by atoms with Crippen LogP contribution in [0, 0.1) is 11.3 Å². The second kappa shape index (κ2) is 11.1. The summed E-state index contributed by atoms with van der Waals surface area (Å²) in [6.07, 6.45) is 2.21. The third-order valence-electron chi connectivity index (χ3n) is 4.47. The van der Waals surface area contributed by atoms with Gasteiger partial charge in [0.05, 0.1) is 23.2 Å². The normalized spacial score (nSPS) is 15.0. The van der Waals surface area contributed by atoms with Crippen molar-refractivity contribution in [3.05, 3.63) is 52.9 Å². The standard InChI is InChI=1S/C20H25N5S.HI/c1-2-22-20(23-15-17-6-3-5-16(13-17)14-21)24-18-8-10-25(11-9-18)19-7-4-12-26-19;/h3-7,12-13,18H,2,8-11,15H2,1H3,(H2,22,23,24);1H. The molecule has 1 aliphatic heterocycles. The number of piperidine rings is 1. The van der Waals surface area contributed by atoms with E-state index in [-0.39, 0.29) is 24.0 Å². The molecule has 0 spiro atoms. The predicted molar refractivity (Wildman–Crippen MR) is 124 cm³/mol. The largest absolute Gasteiger partial charge is 0.363 e. The highest BCUT2D eigenvalue weighted by molar-refractivity contribution is 14.0. The van der Waals surface area contributed by atoms with Crippen LogP contribution in [-0.4, -0.2) is 31.6 Å². The molecule has 2 aromatic rings. The van der Waals surface area contributed by atoms with Crippen LogP contribution >= 0.6 is 35.3 Å². The van der Waals surface area contributed by atoms with E-state index in [2.05, 4.69) is 46.0 Å². The summed E-state index contributed by atoms with van der Waals surface area (Å²) in [6, 6.07) is 14.6. The van der Waals surface area contributed by atoms with Gasteiger partial charge in [-0.1, -0.05) is 12.1 Å². The van der Waals surface area contributed by atoms with Crippen molar-refractivity contribution >= 4 is 46.3 Å². The van der Waals surface area contributed by atoms with Crippen molar-refractivity contribution in [2.24, 2.45) is 4.99 Å². The third kappa shape index (κ3) is 6.40. The van der Waals surface area contributed by atoms with Crippen LogP contribution in [0.15, 0.2) is 46.8 Å². The Hall–Kier alpha value is -1.79. The Kier molecular flexibility index (Phi) is 8.88. The zero-order valence-electron chi connectivity index (χ0n) is 15.5. The van der Waals surface area contributed by atoms with Crippen molar-refractivity contribution in [3.8, 4) is 6.07 Å². The summed E-state index contributed by atoms with van der Waals surface area (Å²) >= 11 is 1.81. The molecule has 7 heteroatoms. The number of nitriles is 1. The Balaban J connectivity index is 0.00000261. The Labute approximate surface area is 182 Å². The maximum atomic E-state index is 9.02. The summed E-state index contributed by atoms with van der Waals surface area (Å²) in [7, 11) is 0. The highest BCUT2D eigenvalue weighted by atomic mass is 127. The Morgan fingerprint density at radius 3 is 2.78 bits per heavy atom. The second-order valence-corrected chi connectivity index (χ2v) is 7.29. The van der Waals surface area contributed by atoms with E-state index in [0.717, 1.165) is 44.0 Å². The molecule has 0 bridgehead atoms. The van der Waals surface area contributed by atoms with Gasteiger partial charge in [-0.3, -0.25) is 0 Å². The average molecular weight is 495 g/mol. The Morgan fingerprint density at radius 2 is 2.11 bits per heavy atom. The zero-order chi connectivity index (χ0) is 18.2. The van der Waals surface area contributed by atoms with Gasteiger partial charge in [-0.15, -0.1) is 35.3 Å². The van der Waals surface area contributed by atoms with Gasteiger partial charge in [-0.2, -0.15) is 5.26 Å². The van der Waals surface area contributed by atoms with Crippen LogP contribution in [0.3, 0.4) is 0 Å². The summed E-state index contributed by atoms with van der Waals surface area (Å²) in [5.74, 6) is 0.851. The van der Waals surface area contributed by atoms with Crippen molar-refractivity contribution in [2.45, 2.75) is 32.4 Å². The lowest BCUT2D eigenvalue weighted by molar-refractivity contribution is 0.463. The second-order valence-electron chi connectivity index (χ2n) is 6.36. The van der Waals surface area contributed by atoms with E-state index in [1.807, 2.05) is 35.6 Å². The fraction of sp³-hybridized carbons (Fsp3) is 0.400. The molecule has 27 heavy (non-hydrogen) atoms. The van der Waals surface area contributed by atoms with Gasteiger partial charge >= 0.3 is 0 Å². The molecule has 0 saturated carbocycles. The van der Waals surface area contributed by atoms with Gasteiger partial charge in [-0.05, 0) is 55.0 Å². The zero-order valence-corrected chi connectivity index (χ0v) is 18.7. The quantitative estimate of drug-likeness (QED) is 0.375. The molecule has 1 aromatic carbocycles. The lowest BCUT2D eigenvalue weighted by Gasteiger charge is -2.33. The van der Waals surface area contributed by atoms with Crippen molar-refractivity contribution in [2.75, 3.05) is 24.5 Å². The van der Waals surface area contributed by atoms with Gasteiger partial charge < -0.3 is 15.5 Å². The predicted octanol–water partition coefficient (Wildman–Crippen LogP) is 3.96. The first kappa shape index (κ1) is 21.5. The topological polar surface area (TPSA) is 63.5 Å². The molecule has 1 fully saturated rings. The van der Waals surface area contributed by atoms with Crippen LogP contribution < -0.4 is 15.5 Å². The molecule has 3 rings (SSSR count). The van der Waals surface area contributed by atoms with Gasteiger partial charge in [0.2, 0.25) is 0 Å². The van der Waals surface area contributed by atoms with Gasteiger partial charge in [0.25, 0.3) is 0 Å². The number of aliphatic imine (C=N–C) groups is 1. The first-order valence-corrected chi connectivity index (χ1v) is 9.99. The van der Waals surface area contributed by atoms with Crippen LogP contribution in [-0.2, 0) is 6.54 Å². The maximum absolute atomic E-state index is 9.02. The van der Waals surface area contributed by atoms with E-state index in [9.17, 15) is 0 Å². The van der Waals surface area contributed by atoms with Gasteiger partial charge in [0, 0.05) is 25.7 Å². The SMILES string of the molecule is CCNC(=NCc1cccc(C#N)c1)NC1CCN(c2cccs2)CC1.I. The fourth-order valence-corrected chi connectivity index (χ4v) is 3.90. The van der Waals surface area contributed by atoms with E-state index < -0.39 is 0 Å². The number of nitrogens with one attached hydrogen (secondary N) is 2. The number of halogens is 1. The number of rotatable bonds is 5. The highest BCUT2D eigenvalue weighted by Crippen LogP contribution is 2.24. The number of nitrogens with zero attached hydrogens (tertiary/aromatic N) is 3. The number of thiophene rings is 1. The summed E-state index contributed by atoms with van der Waals surface area (Å²) in [5, 5.41) is 19.4. The van der Waals surface area contributed by atoms with Crippen molar-refractivity contribution in [3.63, 3.8) is 0 Å². The minimum Gasteiger partial charge on any atom is -0.363 e. The molecule has 2 N–H and O–H groups in total. The summed E-state index contributed by atoms with van der Waals surface area (Å²) in [4.78, 5) is 7.15. The lowest BCUT2D eigenvalue weighted by Crippen LogP contribution is -2.48. The van der Waals surface area contributed by atoms with Crippen LogP contribution in [0.25, 0.3) is 0 Å². The van der Waals surface area contributed by atoms with E-state index in [0.29, 0.717) is 18.2 Å². The molecular formula is C20H26IN5S. The number of anilines is 1. The Bertz CT molecular complexity index is 761. The fourth-order valence-electron chi connectivity index (χ4n) is 3.12. The molecule has 1 saturated heterocycles. The summed E-state index contributed by atoms with van der Waals surface area (Å²) in [5.41, 5.74) is 1.73. The maximum Gasteiger partial charge on any atom is 0.191 e. The molecule has 0 atom stereocenters.